The predicted molar refractivity (Wildman–Crippen MR) is 180 cm³/mol. The van der Waals surface area contributed by atoms with Crippen LogP contribution in [-0.4, -0.2) is 44.7 Å². The lowest BCUT2D eigenvalue weighted by atomic mass is 10.0. The van der Waals surface area contributed by atoms with E-state index in [0.717, 1.165) is 23.7 Å². The van der Waals surface area contributed by atoms with Crippen LogP contribution in [0.4, 0.5) is 4.79 Å². The molecule has 1 unspecified atom stereocenters. The number of phosphoric ester groups is 1. The van der Waals surface area contributed by atoms with E-state index in [1.54, 1.807) is 0 Å². The zero-order valence-electron chi connectivity index (χ0n) is 28.2. The van der Waals surface area contributed by atoms with Gasteiger partial charge in [-0.25, -0.2) is 4.79 Å². The van der Waals surface area contributed by atoms with Gasteiger partial charge in [0, 0.05) is 24.1 Å². The summed E-state index contributed by atoms with van der Waals surface area (Å²) < 4.78 is 35.5. The summed E-state index contributed by atoms with van der Waals surface area (Å²) in [6, 6.07) is 11.8. The van der Waals surface area contributed by atoms with Gasteiger partial charge in [0.05, 0.1) is 18.8 Å². The SMILES string of the molecule is CCCCCCCCCCCCCCCCCCNC(=O)OC[C@H]1CC[C@@H](COP(=O)([O-])OCC[n+]2cccc3ccccc32)O1. The molecule has 1 amide bonds. The first-order chi connectivity index (χ1) is 22.5. The molecular weight excluding hydrogens is 603 g/mol. The first-order valence-electron chi connectivity index (χ1n) is 18.0. The van der Waals surface area contributed by atoms with Gasteiger partial charge in [-0.3, -0.25) is 4.57 Å². The van der Waals surface area contributed by atoms with Crippen molar-refractivity contribution in [1.29, 1.82) is 0 Å². The molecule has 46 heavy (non-hydrogen) atoms. The molecule has 1 saturated heterocycles. The van der Waals surface area contributed by atoms with Crippen LogP contribution in [-0.2, 0) is 29.6 Å². The van der Waals surface area contributed by atoms with Gasteiger partial charge in [0.1, 0.15) is 13.2 Å². The highest BCUT2D eigenvalue weighted by Crippen LogP contribution is 2.39. The number of benzene rings is 1. The van der Waals surface area contributed by atoms with Crippen LogP contribution >= 0.6 is 7.82 Å². The molecule has 2 heterocycles. The number of ether oxygens (including phenoxy) is 2. The number of hydrogen-bond acceptors (Lipinski definition) is 7. The summed E-state index contributed by atoms with van der Waals surface area (Å²) in [7, 11) is -4.47. The number of hydrogen-bond donors (Lipinski definition) is 1. The van der Waals surface area contributed by atoms with Crippen molar-refractivity contribution >= 4 is 24.8 Å². The van der Waals surface area contributed by atoms with Gasteiger partial charge < -0.3 is 28.7 Å². The van der Waals surface area contributed by atoms with Crippen LogP contribution in [0.3, 0.4) is 0 Å². The smallest absolute Gasteiger partial charge is 0.407 e. The second-order valence-corrected chi connectivity index (χ2v) is 14.0. The van der Waals surface area contributed by atoms with Gasteiger partial charge >= 0.3 is 6.09 Å². The molecule has 260 valence electrons. The van der Waals surface area contributed by atoms with Crippen molar-refractivity contribution in [2.75, 3.05) is 26.4 Å². The fourth-order valence-corrected chi connectivity index (χ4v) is 6.72. The monoisotopic (exact) mass is 662 g/mol. The van der Waals surface area contributed by atoms with Crippen molar-refractivity contribution in [1.82, 2.24) is 5.32 Å². The van der Waals surface area contributed by atoms with Crippen molar-refractivity contribution in [3.63, 3.8) is 0 Å². The Labute approximate surface area is 277 Å². The number of aromatic nitrogens is 1. The van der Waals surface area contributed by atoms with E-state index < -0.39 is 13.9 Å². The van der Waals surface area contributed by atoms with Crippen LogP contribution in [0.15, 0.2) is 42.6 Å². The third kappa shape index (κ3) is 16.7. The first-order valence-corrected chi connectivity index (χ1v) is 19.5. The summed E-state index contributed by atoms with van der Waals surface area (Å²) >= 11 is 0. The molecule has 9 nitrogen and oxygen atoms in total. The van der Waals surface area contributed by atoms with Crippen LogP contribution in [0.2, 0.25) is 0 Å². The molecule has 1 aliphatic heterocycles. The number of rotatable bonds is 26. The Morgan fingerprint density at radius 3 is 2.04 bits per heavy atom. The van der Waals surface area contributed by atoms with Crippen molar-refractivity contribution in [2.45, 2.75) is 141 Å². The van der Waals surface area contributed by atoms with Gasteiger partial charge in [-0.15, -0.1) is 0 Å². The molecular formula is C36H59N2O7P. The summed E-state index contributed by atoms with van der Waals surface area (Å²) in [5.41, 5.74) is 0.997. The molecule has 1 N–H and O–H groups in total. The van der Waals surface area contributed by atoms with Gasteiger partial charge in [-0.1, -0.05) is 115 Å². The molecule has 3 atom stereocenters. The normalized spacial score (nSPS) is 17.7. The number of phosphoric acid groups is 1. The van der Waals surface area contributed by atoms with E-state index >= 15 is 0 Å². The Kier molecular flexibility index (Phi) is 19.5. The third-order valence-electron chi connectivity index (χ3n) is 8.68. The average Bonchev–Trinajstić information content (AvgIpc) is 3.52. The minimum atomic E-state index is -4.47. The Hall–Kier alpha value is -2.03. The highest BCUT2D eigenvalue weighted by Gasteiger charge is 2.28. The van der Waals surface area contributed by atoms with E-state index in [0.29, 0.717) is 25.9 Å². The topological polar surface area (TPSA) is 110 Å². The lowest BCUT2D eigenvalue weighted by Gasteiger charge is -2.24. The second-order valence-electron chi connectivity index (χ2n) is 12.6. The average molecular weight is 663 g/mol. The Bertz CT molecular complexity index is 1150. The number of amides is 1. The third-order valence-corrected chi connectivity index (χ3v) is 9.65. The standard InChI is InChI=1S/C36H59N2O7P/c1-2-3-4-5-6-7-8-9-10-11-12-13-14-15-16-19-26-37-36(39)42-30-33-24-25-34(45-33)31-44-46(40,41)43-29-28-38-27-20-22-32-21-17-18-23-35(32)38/h17-18,20-23,27,33-34H,2-16,19,24-26,28-31H2,1H3,(H-,37,39,40,41)/t33-,34+/m1/s1. The van der Waals surface area contributed by atoms with Crippen molar-refractivity contribution in [3.05, 3.63) is 42.6 Å². The number of fused-ring (bicyclic) bond motifs is 1. The number of unbranched alkanes of at least 4 members (excludes halogenated alkanes) is 15. The van der Waals surface area contributed by atoms with Gasteiger partial charge in [0.2, 0.25) is 5.52 Å². The minimum Gasteiger partial charge on any atom is -0.756 e. The molecule has 0 aliphatic carbocycles. The maximum atomic E-state index is 12.3. The molecule has 0 saturated carbocycles. The predicted octanol–water partition coefficient (Wildman–Crippen LogP) is 8.16. The van der Waals surface area contributed by atoms with E-state index in [1.807, 2.05) is 47.2 Å². The number of para-hydroxylation sites is 1. The molecule has 1 fully saturated rings. The van der Waals surface area contributed by atoms with E-state index in [2.05, 4.69) is 12.2 Å². The Balaban J connectivity index is 1.11. The zero-order chi connectivity index (χ0) is 32.7. The minimum absolute atomic E-state index is 0.0318. The summed E-state index contributed by atoms with van der Waals surface area (Å²) in [5.74, 6) is 0. The van der Waals surface area contributed by atoms with Crippen molar-refractivity contribution in [2.24, 2.45) is 0 Å². The maximum absolute atomic E-state index is 12.3. The highest BCUT2D eigenvalue weighted by molar-refractivity contribution is 7.45. The molecule has 1 aromatic carbocycles. The van der Waals surface area contributed by atoms with E-state index in [-0.39, 0.29) is 32.0 Å². The molecule has 2 aromatic rings. The van der Waals surface area contributed by atoms with Gasteiger partial charge in [0.25, 0.3) is 7.82 Å². The van der Waals surface area contributed by atoms with Crippen molar-refractivity contribution in [3.8, 4) is 0 Å². The molecule has 0 spiro atoms. The summed E-state index contributed by atoms with van der Waals surface area (Å²) in [6.45, 7) is 3.23. The van der Waals surface area contributed by atoms with Gasteiger partial charge in [-0.2, -0.15) is 4.57 Å². The summed E-state index contributed by atoms with van der Waals surface area (Å²) in [4.78, 5) is 24.3. The van der Waals surface area contributed by atoms with E-state index in [9.17, 15) is 14.3 Å². The number of nitrogens with zero attached hydrogens (tertiary/aromatic N) is 1. The molecule has 0 bridgehead atoms. The summed E-state index contributed by atoms with van der Waals surface area (Å²) in [6.07, 6.45) is 23.2. The summed E-state index contributed by atoms with van der Waals surface area (Å²) in [5, 5.41) is 3.88. The highest BCUT2D eigenvalue weighted by atomic mass is 31.2. The lowest BCUT2D eigenvalue weighted by molar-refractivity contribution is -0.672. The van der Waals surface area contributed by atoms with E-state index in [4.69, 9.17) is 18.5 Å². The molecule has 3 rings (SSSR count). The van der Waals surface area contributed by atoms with Crippen molar-refractivity contribution < 1.29 is 37.3 Å². The Morgan fingerprint density at radius 2 is 1.39 bits per heavy atom. The second kappa shape index (κ2) is 23.3. The van der Waals surface area contributed by atoms with E-state index in [1.165, 1.54) is 89.9 Å². The molecule has 10 heteroatoms. The van der Waals surface area contributed by atoms with Crippen LogP contribution in [0.25, 0.3) is 10.9 Å². The fraction of sp³-hybridized carbons (Fsp3) is 0.722. The zero-order valence-corrected chi connectivity index (χ0v) is 29.1. The van der Waals surface area contributed by atoms with Gasteiger partial charge in [-0.05, 0) is 31.4 Å². The number of carbonyl (C=O) groups excluding carboxylic acids is 1. The molecule has 0 radical (unpaired) electrons. The lowest BCUT2D eigenvalue weighted by Crippen LogP contribution is -2.36. The van der Waals surface area contributed by atoms with Crippen LogP contribution in [0.5, 0.6) is 0 Å². The quantitative estimate of drug-likeness (QED) is 0.0615. The molecule has 1 aliphatic rings. The van der Waals surface area contributed by atoms with Crippen LogP contribution in [0, 0.1) is 0 Å². The number of alkyl carbamates (subject to hydrolysis) is 1. The number of nitrogens with one attached hydrogen (secondary N) is 1. The molecule has 1 aromatic heterocycles. The number of pyridine rings is 1. The van der Waals surface area contributed by atoms with Gasteiger partial charge in [0.15, 0.2) is 12.7 Å². The van der Waals surface area contributed by atoms with Crippen LogP contribution in [0.1, 0.15) is 122 Å². The maximum Gasteiger partial charge on any atom is 0.407 e. The Morgan fingerprint density at radius 1 is 0.826 bits per heavy atom. The first kappa shape index (κ1) is 38.4. The number of carbonyl (C=O) groups is 1. The van der Waals surface area contributed by atoms with Crippen LogP contribution < -0.4 is 14.8 Å². The fourth-order valence-electron chi connectivity index (χ4n) is 5.99. The largest absolute Gasteiger partial charge is 0.756 e.